The maximum Gasteiger partial charge on any atom is 0.119 e. The third-order valence-electron chi connectivity index (χ3n) is 3.17. The average Bonchev–Trinajstić information content (AvgIpc) is 2.38. The average molecular weight is 249 g/mol. The number of ether oxygens (including phenoxy) is 1. The van der Waals surface area contributed by atoms with E-state index >= 15 is 0 Å². The highest BCUT2D eigenvalue weighted by Gasteiger charge is 1.99. The third-order valence-corrected chi connectivity index (χ3v) is 3.17. The zero-order valence-corrected chi connectivity index (χ0v) is 11.8. The van der Waals surface area contributed by atoms with Crippen LogP contribution in [0.2, 0.25) is 0 Å². The van der Waals surface area contributed by atoms with Crippen molar-refractivity contribution < 1.29 is 4.74 Å². The zero-order chi connectivity index (χ0) is 13.2. The molecule has 0 saturated carbocycles. The molecule has 2 N–H and O–H groups in total. The van der Waals surface area contributed by atoms with Gasteiger partial charge in [-0.05, 0) is 31.0 Å². The molecular formula is C16H27NO. The molecule has 0 fully saturated rings. The van der Waals surface area contributed by atoms with E-state index in [0.717, 1.165) is 24.3 Å². The number of benzene rings is 1. The van der Waals surface area contributed by atoms with Crippen LogP contribution in [0.4, 0.5) is 0 Å². The second kappa shape index (κ2) is 8.98. The third kappa shape index (κ3) is 6.06. The molecule has 18 heavy (non-hydrogen) atoms. The second-order valence-electron chi connectivity index (χ2n) is 4.97. The van der Waals surface area contributed by atoms with Gasteiger partial charge in [0.15, 0.2) is 0 Å². The van der Waals surface area contributed by atoms with Gasteiger partial charge in [0, 0.05) is 6.04 Å². The van der Waals surface area contributed by atoms with E-state index in [1.807, 2.05) is 31.2 Å². The number of nitrogens with two attached hydrogens (primary N) is 1. The van der Waals surface area contributed by atoms with Crippen LogP contribution in [0.15, 0.2) is 24.3 Å². The molecular weight excluding hydrogens is 222 g/mol. The van der Waals surface area contributed by atoms with Gasteiger partial charge in [0.2, 0.25) is 0 Å². The Labute approximate surface area is 112 Å². The maximum atomic E-state index is 5.80. The lowest BCUT2D eigenvalue weighted by atomic mass is 10.1. The van der Waals surface area contributed by atoms with E-state index in [4.69, 9.17) is 10.5 Å². The summed E-state index contributed by atoms with van der Waals surface area (Å²) in [4.78, 5) is 0. The first-order valence-electron chi connectivity index (χ1n) is 7.22. The van der Waals surface area contributed by atoms with Crippen LogP contribution in [0, 0.1) is 0 Å². The van der Waals surface area contributed by atoms with E-state index in [2.05, 4.69) is 6.92 Å². The fraction of sp³-hybridized carbons (Fsp3) is 0.625. The smallest absolute Gasteiger partial charge is 0.119 e. The molecule has 0 amide bonds. The van der Waals surface area contributed by atoms with Crippen molar-refractivity contribution in [3.8, 4) is 5.75 Å². The minimum absolute atomic E-state index is 0.0950. The van der Waals surface area contributed by atoms with Crippen molar-refractivity contribution in [3.63, 3.8) is 0 Å². The molecule has 0 bridgehead atoms. The van der Waals surface area contributed by atoms with Crippen LogP contribution in [0.25, 0.3) is 0 Å². The van der Waals surface area contributed by atoms with E-state index < -0.39 is 0 Å². The van der Waals surface area contributed by atoms with E-state index in [1.165, 1.54) is 32.1 Å². The van der Waals surface area contributed by atoms with E-state index in [0.29, 0.717) is 0 Å². The zero-order valence-electron chi connectivity index (χ0n) is 11.8. The highest BCUT2D eigenvalue weighted by atomic mass is 16.5. The van der Waals surface area contributed by atoms with Crippen LogP contribution in [0.1, 0.15) is 64.0 Å². The van der Waals surface area contributed by atoms with Crippen LogP contribution in [0.5, 0.6) is 5.75 Å². The summed E-state index contributed by atoms with van der Waals surface area (Å²) in [5.41, 5.74) is 6.96. The Hall–Kier alpha value is -1.02. The first-order chi connectivity index (χ1) is 8.74. The van der Waals surface area contributed by atoms with E-state index in [9.17, 15) is 0 Å². The van der Waals surface area contributed by atoms with Gasteiger partial charge in [0.1, 0.15) is 5.75 Å². The molecule has 102 valence electrons. The summed E-state index contributed by atoms with van der Waals surface area (Å²) in [6.07, 6.45) is 7.79. The molecule has 2 nitrogen and oxygen atoms in total. The summed E-state index contributed by atoms with van der Waals surface area (Å²) in [5.74, 6) is 0.952. The highest BCUT2D eigenvalue weighted by molar-refractivity contribution is 5.28. The maximum absolute atomic E-state index is 5.80. The largest absolute Gasteiger partial charge is 0.494 e. The van der Waals surface area contributed by atoms with E-state index in [-0.39, 0.29) is 6.04 Å². The fourth-order valence-corrected chi connectivity index (χ4v) is 1.94. The molecule has 1 rings (SSSR count). The Morgan fingerprint density at radius 3 is 2.22 bits per heavy atom. The van der Waals surface area contributed by atoms with Gasteiger partial charge in [0.25, 0.3) is 0 Å². The predicted octanol–water partition coefficient (Wildman–Crippen LogP) is 4.45. The van der Waals surface area contributed by atoms with Crippen LogP contribution >= 0.6 is 0 Å². The summed E-state index contributed by atoms with van der Waals surface area (Å²) in [6.45, 7) is 5.06. The lowest BCUT2D eigenvalue weighted by Crippen LogP contribution is -2.04. The molecule has 2 heteroatoms. The Morgan fingerprint density at radius 1 is 1.00 bits per heavy atom. The molecule has 1 atom stereocenters. The minimum atomic E-state index is 0.0950. The Balaban J connectivity index is 2.12. The Morgan fingerprint density at radius 2 is 1.61 bits per heavy atom. The molecule has 0 heterocycles. The Kier molecular flexibility index (Phi) is 7.51. The van der Waals surface area contributed by atoms with Gasteiger partial charge in [-0.15, -0.1) is 0 Å². The molecule has 0 unspecified atom stereocenters. The normalized spacial score (nSPS) is 12.4. The number of hydrogen-bond acceptors (Lipinski definition) is 2. The quantitative estimate of drug-likeness (QED) is 0.656. The van der Waals surface area contributed by atoms with Crippen molar-refractivity contribution in [2.24, 2.45) is 5.73 Å². The molecule has 0 saturated heterocycles. The number of hydrogen-bond donors (Lipinski definition) is 1. The van der Waals surface area contributed by atoms with Gasteiger partial charge < -0.3 is 10.5 Å². The van der Waals surface area contributed by atoms with Gasteiger partial charge in [0.05, 0.1) is 6.61 Å². The molecule has 0 aromatic heterocycles. The van der Waals surface area contributed by atoms with Crippen molar-refractivity contribution in [1.82, 2.24) is 0 Å². The van der Waals surface area contributed by atoms with Crippen molar-refractivity contribution in [3.05, 3.63) is 29.8 Å². The van der Waals surface area contributed by atoms with Crippen LogP contribution < -0.4 is 10.5 Å². The fourth-order valence-electron chi connectivity index (χ4n) is 1.94. The van der Waals surface area contributed by atoms with Crippen LogP contribution in [-0.2, 0) is 0 Å². The minimum Gasteiger partial charge on any atom is -0.494 e. The molecule has 0 aliphatic rings. The highest BCUT2D eigenvalue weighted by Crippen LogP contribution is 2.16. The van der Waals surface area contributed by atoms with Crippen molar-refractivity contribution in [1.29, 1.82) is 0 Å². The van der Waals surface area contributed by atoms with Gasteiger partial charge in [-0.3, -0.25) is 0 Å². The first kappa shape index (κ1) is 15.0. The monoisotopic (exact) mass is 249 g/mol. The van der Waals surface area contributed by atoms with Gasteiger partial charge in [-0.25, -0.2) is 0 Å². The molecule has 0 spiro atoms. The summed E-state index contributed by atoms with van der Waals surface area (Å²) < 4.78 is 5.71. The summed E-state index contributed by atoms with van der Waals surface area (Å²) in [5, 5.41) is 0. The van der Waals surface area contributed by atoms with Crippen LogP contribution in [0.3, 0.4) is 0 Å². The standard InChI is InChI=1S/C16H27NO/c1-3-4-5-6-7-8-13-18-16-11-9-15(10-12-16)14(2)17/h9-12,14H,3-8,13,17H2,1-2H3/t14-/m1/s1. The van der Waals surface area contributed by atoms with E-state index in [1.54, 1.807) is 0 Å². The number of rotatable bonds is 9. The molecule has 1 aromatic rings. The van der Waals surface area contributed by atoms with Crippen molar-refractivity contribution in [2.45, 2.75) is 58.4 Å². The second-order valence-corrected chi connectivity index (χ2v) is 4.97. The lowest BCUT2D eigenvalue weighted by molar-refractivity contribution is 0.304. The van der Waals surface area contributed by atoms with Gasteiger partial charge >= 0.3 is 0 Å². The molecule has 1 aromatic carbocycles. The topological polar surface area (TPSA) is 35.2 Å². The predicted molar refractivity (Wildman–Crippen MR) is 77.9 cm³/mol. The molecule has 0 aliphatic heterocycles. The first-order valence-corrected chi connectivity index (χ1v) is 7.22. The van der Waals surface area contributed by atoms with Crippen molar-refractivity contribution >= 4 is 0 Å². The molecule has 0 aliphatic carbocycles. The van der Waals surface area contributed by atoms with Gasteiger partial charge in [-0.2, -0.15) is 0 Å². The van der Waals surface area contributed by atoms with Gasteiger partial charge in [-0.1, -0.05) is 51.2 Å². The summed E-state index contributed by atoms with van der Waals surface area (Å²) >= 11 is 0. The summed E-state index contributed by atoms with van der Waals surface area (Å²) in [7, 11) is 0. The number of unbranched alkanes of at least 4 members (excludes halogenated alkanes) is 5. The Bertz CT molecular complexity index is 305. The SMILES string of the molecule is CCCCCCCCOc1ccc([C@@H](C)N)cc1. The molecule has 0 radical (unpaired) electrons. The van der Waals surface area contributed by atoms with Crippen LogP contribution in [-0.4, -0.2) is 6.61 Å². The summed E-state index contributed by atoms with van der Waals surface area (Å²) in [6, 6.07) is 8.20. The lowest BCUT2D eigenvalue weighted by Gasteiger charge is -2.09. The van der Waals surface area contributed by atoms with Crippen molar-refractivity contribution in [2.75, 3.05) is 6.61 Å².